The zero-order valence-corrected chi connectivity index (χ0v) is 11.7. The highest BCUT2D eigenvalue weighted by molar-refractivity contribution is 6.02. The van der Waals surface area contributed by atoms with Gasteiger partial charge in [0.25, 0.3) is 5.91 Å². The summed E-state index contributed by atoms with van der Waals surface area (Å²) in [4.78, 5) is 23.5. The van der Waals surface area contributed by atoms with Gasteiger partial charge >= 0.3 is 0 Å². The fraction of sp³-hybridized carbons (Fsp3) is 0.250. The second-order valence-corrected chi connectivity index (χ2v) is 5.25. The minimum Gasteiger partial charge on any atom is -0.469 e. The molecule has 2 aromatic rings. The number of anilines is 1. The van der Waals surface area contributed by atoms with Crippen molar-refractivity contribution < 1.29 is 14.0 Å². The summed E-state index contributed by atoms with van der Waals surface area (Å²) in [5.41, 5.74) is 2.20. The van der Waals surface area contributed by atoms with Gasteiger partial charge in [0.15, 0.2) is 0 Å². The molecule has 2 N–H and O–H groups in total. The molecule has 3 rings (SSSR count). The molecule has 1 atom stereocenters. The number of furan rings is 1. The van der Waals surface area contributed by atoms with Crippen LogP contribution in [0.25, 0.3) is 0 Å². The molecule has 0 saturated carbocycles. The van der Waals surface area contributed by atoms with Gasteiger partial charge in [-0.2, -0.15) is 0 Å². The van der Waals surface area contributed by atoms with Gasteiger partial charge in [0.05, 0.1) is 12.7 Å². The molecule has 2 amide bonds. The summed E-state index contributed by atoms with van der Waals surface area (Å²) in [6, 6.07) is 8.95. The van der Waals surface area contributed by atoms with Crippen molar-refractivity contribution in [2.45, 2.75) is 25.8 Å². The Bertz CT molecular complexity index is 677. The van der Waals surface area contributed by atoms with E-state index in [0.717, 1.165) is 17.0 Å². The van der Waals surface area contributed by atoms with Crippen molar-refractivity contribution in [1.82, 2.24) is 5.32 Å². The van der Waals surface area contributed by atoms with Gasteiger partial charge in [-0.1, -0.05) is 6.07 Å². The minimum absolute atomic E-state index is 0.0336. The first-order valence-corrected chi connectivity index (χ1v) is 6.88. The Balaban J connectivity index is 1.66. The zero-order valence-electron chi connectivity index (χ0n) is 11.7. The van der Waals surface area contributed by atoms with Gasteiger partial charge in [-0.05, 0) is 36.8 Å². The van der Waals surface area contributed by atoms with Crippen LogP contribution in [0.1, 0.15) is 28.6 Å². The standard InChI is InChI=1S/C16H16N2O3/c1-10(7-13-3-2-6-21-13)17-16(20)12-5-4-11-9-15(19)18-14(11)8-12/h2-6,8,10H,7,9H2,1H3,(H,17,20)(H,18,19). The lowest BCUT2D eigenvalue weighted by molar-refractivity contribution is -0.115. The largest absolute Gasteiger partial charge is 0.469 e. The van der Waals surface area contributed by atoms with Crippen LogP contribution in [-0.4, -0.2) is 17.9 Å². The lowest BCUT2D eigenvalue weighted by Gasteiger charge is -2.13. The quantitative estimate of drug-likeness (QED) is 0.903. The average Bonchev–Trinajstić information content (AvgIpc) is 3.05. The molecule has 0 fully saturated rings. The van der Waals surface area contributed by atoms with Crippen LogP contribution >= 0.6 is 0 Å². The summed E-state index contributed by atoms with van der Waals surface area (Å²) >= 11 is 0. The second kappa shape index (κ2) is 5.44. The Hall–Kier alpha value is -2.56. The van der Waals surface area contributed by atoms with Crippen LogP contribution in [0.2, 0.25) is 0 Å². The minimum atomic E-state index is -0.155. The SMILES string of the molecule is CC(Cc1ccco1)NC(=O)c1ccc2c(c1)NC(=O)C2. The van der Waals surface area contributed by atoms with Crippen LogP contribution < -0.4 is 10.6 Å². The molecule has 1 aromatic carbocycles. The highest BCUT2D eigenvalue weighted by Crippen LogP contribution is 2.24. The number of nitrogens with one attached hydrogen (secondary N) is 2. The van der Waals surface area contributed by atoms with Gasteiger partial charge in [-0.3, -0.25) is 9.59 Å². The van der Waals surface area contributed by atoms with E-state index in [1.54, 1.807) is 18.4 Å². The van der Waals surface area contributed by atoms with E-state index in [1.807, 2.05) is 25.1 Å². The monoisotopic (exact) mass is 284 g/mol. The maximum atomic E-state index is 12.2. The van der Waals surface area contributed by atoms with Crippen molar-refractivity contribution in [1.29, 1.82) is 0 Å². The van der Waals surface area contributed by atoms with Crippen LogP contribution in [0.3, 0.4) is 0 Å². The number of hydrogen-bond acceptors (Lipinski definition) is 3. The van der Waals surface area contributed by atoms with E-state index in [2.05, 4.69) is 10.6 Å². The number of benzene rings is 1. The Morgan fingerprint density at radius 2 is 2.29 bits per heavy atom. The van der Waals surface area contributed by atoms with Gasteiger partial charge in [0.1, 0.15) is 5.76 Å². The highest BCUT2D eigenvalue weighted by atomic mass is 16.3. The van der Waals surface area contributed by atoms with Gasteiger partial charge in [0, 0.05) is 23.7 Å². The number of rotatable bonds is 4. The molecule has 5 nitrogen and oxygen atoms in total. The zero-order chi connectivity index (χ0) is 14.8. The van der Waals surface area contributed by atoms with E-state index in [-0.39, 0.29) is 17.9 Å². The molecule has 0 aliphatic carbocycles. The average molecular weight is 284 g/mol. The summed E-state index contributed by atoms with van der Waals surface area (Å²) < 4.78 is 5.26. The molecular formula is C16H16N2O3. The number of carbonyl (C=O) groups excluding carboxylic acids is 2. The third-order valence-electron chi connectivity index (χ3n) is 3.46. The highest BCUT2D eigenvalue weighted by Gasteiger charge is 2.19. The molecule has 1 aliphatic heterocycles. The molecule has 108 valence electrons. The summed E-state index contributed by atoms with van der Waals surface area (Å²) in [5.74, 6) is 0.649. The number of amides is 2. The predicted molar refractivity (Wildman–Crippen MR) is 78.1 cm³/mol. The molecule has 0 spiro atoms. The van der Waals surface area contributed by atoms with E-state index in [1.165, 1.54) is 0 Å². The fourth-order valence-corrected chi connectivity index (χ4v) is 2.44. The smallest absolute Gasteiger partial charge is 0.251 e. The molecule has 1 unspecified atom stereocenters. The fourth-order valence-electron chi connectivity index (χ4n) is 2.44. The topological polar surface area (TPSA) is 71.3 Å². The van der Waals surface area contributed by atoms with E-state index in [9.17, 15) is 9.59 Å². The van der Waals surface area contributed by atoms with E-state index >= 15 is 0 Å². The third-order valence-corrected chi connectivity index (χ3v) is 3.46. The number of hydrogen-bond donors (Lipinski definition) is 2. The number of carbonyl (C=O) groups is 2. The van der Waals surface area contributed by atoms with Crippen LogP contribution in [0, 0.1) is 0 Å². The van der Waals surface area contributed by atoms with E-state index < -0.39 is 0 Å². The first-order chi connectivity index (χ1) is 10.1. The third kappa shape index (κ3) is 2.97. The molecule has 2 heterocycles. The molecule has 0 radical (unpaired) electrons. The van der Waals surface area contributed by atoms with Crippen LogP contribution in [-0.2, 0) is 17.6 Å². The maximum absolute atomic E-state index is 12.2. The summed E-state index contributed by atoms with van der Waals surface area (Å²) in [7, 11) is 0. The lowest BCUT2D eigenvalue weighted by atomic mass is 10.1. The van der Waals surface area contributed by atoms with Crippen molar-refractivity contribution in [2.75, 3.05) is 5.32 Å². The second-order valence-electron chi connectivity index (χ2n) is 5.25. The first-order valence-electron chi connectivity index (χ1n) is 6.88. The molecule has 0 bridgehead atoms. The first kappa shape index (κ1) is 13.4. The van der Waals surface area contributed by atoms with Crippen LogP contribution in [0.15, 0.2) is 41.0 Å². The summed E-state index contributed by atoms with van der Waals surface area (Å²) in [6.45, 7) is 1.93. The molecule has 5 heteroatoms. The van der Waals surface area contributed by atoms with Gasteiger partial charge in [-0.25, -0.2) is 0 Å². The van der Waals surface area contributed by atoms with Gasteiger partial charge < -0.3 is 15.1 Å². The van der Waals surface area contributed by atoms with Gasteiger partial charge in [0.2, 0.25) is 5.91 Å². The molecular weight excluding hydrogens is 268 g/mol. The molecule has 0 saturated heterocycles. The van der Waals surface area contributed by atoms with Crippen molar-refractivity contribution in [3.63, 3.8) is 0 Å². The van der Waals surface area contributed by atoms with E-state index in [0.29, 0.717) is 18.4 Å². The molecule has 1 aromatic heterocycles. The summed E-state index contributed by atoms with van der Waals surface area (Å²) in [5, 5.41) is 5.67. The molecule has 1 aliphatic rings. The maximum Gasteiger partial charge on any atom is 0.251 e. The Morgan fingerprint density at radius 1 is 1.43 bits per heavy atom. The molecule has 21 heavy (non-hydrogen) atoms. The lowest BCUT2D eigenvalue weighted by Crippen LogP contribution is -2.34. The Morgan fingerprint density at radius 3 is 3.05 bits per heavy atom. The van der Waals surface area contributed by atoms with E-state index in [4.69, 9.17) is 4.42 Å². The van der Waals surface area contributed by atoms with Crippen molar-refractivity contribution in [2.24, 2.45) is 0 Å². The van der Waals surface area contributed by atoms with Crippen LogP contribution in [0.4, 0.5) is 5.69 Å². The van der Waals surface area contributed by atoms with Crippen molar-refractivity contribution in [3.8, 4) is 0 Å². The van der Waals surface area contributed by atoms with Crippen molar-refractivity contribution >= 4 is 17.5 Å². The van der Waals surface area contributed by atoms with Crippen molar-refractivity contribution in [3.05, 3.63) is 53.5 Å². The number of fused-ring (bicyclic) bond motifs is 1. The van der Waals surface area contributed by atoms with Crippen LogP contribution in [0.5, 0.6) is 0 Å². The Kier molecular flexibility index (Phi) is 3.48. The summed E-state index contributed by atoms with van der Waals surface area (Å²) in [6.07, 6.45) is 2.64. The normalized spacial score (nSPS) is 14.4. The predicted octanol–water partition coefficient (Wildman–Crippen LogP) is 2.14. The Labute approximate surface area is 122 Å². The van der Waals surface area contributed by atoms with Gasteiger partial charge in [-0.15, -0.1) is 0 Å².